The Labute approximate surface area is 119 Å². The van der Waals surface area contributed by atoms with Crippen molar-refractivity contribution < 1.29 is 13.5 Å². The second-order valence-corrected chi connectivity index (χ2v) is 5.80. The van der Waals surface area contributed by atoms with E-state index in [2.05, 4.69) is 36.1 Å². The molecule has 0 bridgehead atoms. The van der Waals surface area contributed by atoms with E-state index in [0.717, 1.165) is 18.7 Å². The molecule has 1 aromatic carbocycles. The van der Waals surface area contributed by atoms with Crippen molar-refractivity contribution in [3.63, 3.8) is 0 Å². The third kappa shape index (κ3) is 6.82. The van der Waals surface area contributed by atoms with Crippen molar-refractivity contribution in [3.8, 4) is 5.75 Å². The summed E-state index contributed by atoms with van der Waals surface area (Å²) in [4.78, 5) is 0. The van der Waals surface area contributed by atoms with Gasteiger partial charge in [0.15, 0.2) is 0 Å². The molecule has 114 valence electrons. The average Bonchev–Trinajstić information content (AvgIpc) is 2.32. The Morgan fingerprint density at radius 2 is 1.90 bits per heavy atom. The van der Waals surface area contributed by atoms with E-state index in [4.69, 9.17) is 0 Å². The van der Waals surface area contributed by atoms with Crippen LogP contribution in [0.5, 0.6) is 5.75 Å². The third-order valence-electron chi connectivity index (χ3n) is 2.81. The van der Waals surface area contributed by atoms with Gasteiger partial charge in [0.2, 0.25) is 0 Å². The van der Waals surface area contributed by atoms with Gasteiger partial charge < -0.3 is 15.4 Å². The lowest BCUT2D eigenvalue weighted by molar-refractivity contribution is -0.0499. The van der Waals surface area contributed by atoms with Crippen LogP contribution in [-0.4, -0.2) is 25.2 Å². The molecule has 5 heteroatoms. The number of benzene rings is 1. The lowest BCUT2D eigenvalue weighted by atomic mass is 10.1. The second kappa shape index (κ2) is 7.55. The largest absolute Gasteiger partial charge is 0.435 e. The van der Waals surface area contributed by atoms with Gasteiger partial charge in [-0.1, -0.05) is 12.1 Å². The number of hydrogen-bond donors (Lipinski definition) is 2. The van der Waals surface area contributed by atoms with Gasteiger partial charge in [-0.25, -0.2) is 0 Å². The first-order valence-corrected chi connectivity index (χ1v) is 6.81. The van der Waals surface area contributed by atoms with Crippen LogP contribution in [0.2, 0.25) is 0 Å². The zero-order valence-electron chi connectivity index (χ0n) is 12.5. The molecule has 0 aromatic heterocycles. The minimum Gasteiger partial charge on any atom is -0.435 e. The molecule has 0 radical (unpaired) electrons. The van der Waals surface area contributed by atoms with E-state index in [9.17, 15) is 8.78 Å². The molecule has 0 amide bonds. The summed E-state index contributed by atoms with van der Waals surface area (Å²) in [5.41, 5.74) is 1.02. The molecule has 1 unspecified atom stereocenters. The fourth-order valence-corrected chi connectivity index (χ4v) is 1.80. The van der Waals surface area contributed by atoms with Crippen LogP contribution in [0.1, 0.15) is 39.3 Å². The molecule has 0 fully saturated rings. The molecular weight excluding hydrogens is 262 g/mol. The van der Waals surface area contributed by atoms with Gasteiger partial charge in [0.05, 0.1) is 0 Å². The molecule has 0 aliphatic heterocycles. The smallest absolute Gasteiger partial charge is 0.387 e. The minimum absolute atomic E-state index is 0.0815. The van der Waals surface area contributed by atoms with Crippen molar-refractivity contribution in [2.45, 2.75) is 45.9 Å². The summed E-state index contributed by atoms with van der Waals surface area (Å²) < 4.78 is 28.7. The Hall–Kier alpha value is -1.20. The van der Waals surface area contributed by atoms with E-state index in [-0.39, 0.29) is 17.3 Å². The van der Waals surface area contributed by atoms with Gasteiger partial charge in [0, 0.05) is 24.7 Å². The van der Waals surface area contributed by atoms with Gasteiger partial charge in [-0.3, -0.25) is 0 Å². The van der Waals surface area contributed by atoms with Crippen LogP contribution >= 0.6 is 0 Å². The normalized spacial score (nSPS) is 13.6. The maximum atomic E-state index is 12.2. The first-order chi connectivity index (χ1) is 9.28. The fourth-order valence-electron chi connectivity index (χ4n) is 1.80. The summed E-state index contributed by atoms with van der Waals surface area (Å²) in [6.07, 6.45) is 0. The summed E-state index contributed by atoms with van der Waals surface area (Å²) >= 11 is 0. The first-order valence-electron chi connectivity index (χ1n) is 6.81. The van der Waals surface area contributed by atoms with Gasteiger partial charge in [-0.05, 0) is 45.4 Å². The first kappa shape index (κ1) is 16.9. The van der Waals surface area contributed by atoms with Crippen LogP contribution in [0.3, 0.4) is 0 Å². The average molecular weight is 286 g/mol. The summed E-state index contributed by atoms with van der Waals surface area (Å²) in [6, 6.07) is 6.87. The van der Waals surface area contributed by atoms with Crippen molar-refractivity contribution in [2.75, 3.05) is 13.1 Å². The number of nitrogens with one attached hydrogen (secondary N) is 2. The maximum Gasteiger partial charge on any atom is 0.387 e. The molecule has 0 saturated heterocycles. The predicted molar refractivity (Wildman–Crippen MR) is 77.2 cm³/mol. The van der Waals surface area contributed by atoms with Crippen LogP contribution in [0.15, 0.2) is 24.3 Å². The summed E-state index contributed by atoms with van der Waals surface area (Å²) in [7, 11) is 0. The number of ether oxygens (including phenoxy) is 1. The molecule has 0 saturated carbocycles. The molecule has 20 heavy (non-hydrogen) atoms. The molecule has 0 heterocycles. The van der Waals surface area contributed by atoms with Gasteiger partial charge in [0.25, 0.3) is 0 Å². The topological polar surface area (TPSA) is 33.3 Å². The highest BCUT2D eigenvalue weighted by Crippen LogP contribution is 2.20. The molecule has 0 spiro atoms. The van der Waals surface area contributed by atoms with Crippen molar-refractivity contribution in [1.29, 1.82) is 0 Å². The molecule has 2 N–H and O–H groups in total. The SMILES string of the molecule is CC(NCCNC(C)(C)C)c1cccc(OC(F)F)c1. The van der Waals surface area contributed by atoms with Crippen LogP contribution in [0.4, 0.5) is 8.78 Å². The van der Waals surface area contributed by atoms with Gasteiger partial charge >= 0.3 is 6.61 Å². The number of hydrogen-bond acceptors (Lipinski definition) is 3. The Kier molecular flexibility index (Phi) is 6.36. The molecule has 1 aromatic rings. The third-order valence-corrected chi connectivity index (χ3v) is 2.81. The zero-order chi connectivity index (χ0) is 15.2. The second-order valence-electron chi connectivity index (χ2n) is 5.80. The summed E-state index contributed by atoms with van der Waals surface area (Å²) in [6.45, 7) is 7.20. The number of halogens is 2. The Morgan fingerprint density at radius 1 is 1.20 bits per heavy atom. The van der Waals surface area contributed by atoms with Crippen LogP contribution in [-0.2, 0) is 0 Å². The fraction of sp³-hybridized carbons (Fsp3) is 0.600. The Balaban J connectivity index is 2.44. The predicted octanol–water partition coefficient (Wildman–Crippen LogP) is 3.33. The van der Waals surface area contributed by atoms with E-state index in [1.54, 1.807) is 12.1 Å². The summed E-state index contributed by atoms with van der Waals surface area (Å²) in [5, 5.41) is 6.73. The molecule has 1 atom stereocenters. The van der Waals surface area contributed by atoms with Crippen molar-refractivity contribution in [1.82, 2.24) is 10.6 Å². The zero-order valence-corrected chi connectivity index (χ0v) is 12.5. The van der Waals surface area contributed by atoms with Crippen molar-refractivity contribution in [2.24, 2.45) is 0 Å². The van der Waals surface area contributed by atoms with E-state index in [1.807, 2.05) is 13.0 Å². The van der Waals surface area contributed by atoms with E-state index in [1.165, 1.54) is 6.07 Å². The summed E-state index contributed by atoms with van der Waals surface area (Å²) in [5.74, 6) is 0.193. The van der Waals surface area contributed by atoms with Gasteiger partial charge in [-0.2, -0.15) is 8.78 Å². The van der Waals surface area contributed by atoms with E-state index >= 15 is 0 Å². The van der Waals surface area contributed by atoms with E-state index in [0.29, 0.717) is 0 Å². The lowest BCUT2D eigenvalue weighted by Crippen LogP contribution is -2.40. The number of alkyl halides is 2. The standard InChI is InChI=1S/C15H24F2N2O/c1-11(18-8-9-19-15(2,3)4)12-6-5-7-13(10-12)20-14(16)17/h5-7,10-11,14,18-19H,8-9H2,1-4H3. The van der Waals surface area contributed by atoms with Crippen molar-refractivity contribution >= 4 is 0 Å². The Morgan fingerprint density at radius 3 is 2.50 bits per heavy atom. The molecule has 0 aliphatic rings. The highest BCUT2D eigenvalue weighted by Gasteiger charge is 2.10. The van der Waals surface area contributed by atoms with Crippen LogP contribution in [0.25, 0.3) is 0 Å². The minimum atomic E-state index is -2.79. The monoisotopic (exact) mass is 286 g/mol. The quantitative estimate of drug-likeness (QED) is 0.754. The maximum absolute atomic E-state index is 12.2. The van der Waals surface area contributed by atoms with E-state index < -0.39 is 6.61 Å². The van der Waals surface area contributed by atoms with Gasteiger partial charge in [-0.15, -0.1) is 0 Å². The molecular formula is C15H24F2N2O. The molecule has 0 aliphatic carbocycles. The highest BCUT2D eigenvalue weighted by molar-refractivity contribution is 5.30. The van der Waals surface area contributed by atoms with Gasteiger partial charge in [0.1, 0.15) is 5.75 Å². The van der Waals surface area contributed by atoms with Crippen LogP contribution < -0.4 is 15.4 Å². The lowest BCUT2D eigenvalue weighted by Gasteiger charge is -2.22. The Bertz CT molecular complexity index is 405. The molecule has 1 rings (SSSR count). The number of rotatable bonds is 7. The van der Waals surface area contributed by atoms with Crippen molar-refractivity contribution in [3.05, 3.63) is 29.8 Å². The van der Waals surface area contributed by atoms with Crippen LogP contribution in [0, 0.1) is 0 Å². The highest BCUT2D eigenvalue weighted by atomic mass is 19.3. The molecule has 3 nitrogen and oxygen atoms in total.